The Kier molecular flexibility index (Phi) is 6.16. The third kappa shape index (κ3) is 4.22. The van der Waals surface area contributed by atoms with E-state index in [1.165, 1.54) is 12.1 Å². The minimum absolute atomic E-state index is 0.150. The summed E-state index contributed by atoms with van der Waals surface area (Å²) >= 11 is 0. The van der Waals surface area contributed by atoms with Crippen LogP contribution in [0.4, 0.5) is 9.18 Å². The fraction of sp³-hybridized carbons (Fsp3) is 0.286. The molecule has 5 rings (SSSR count). The highest BCUT2D eigenvalue weighted by atomic mass is 19.1. The van der Waals surface area contributed by atoms with Crippen molar-refractivity contribution in [1.82, 2.24) is 24.6 Å². The van der Waals surface area contributed by atoms with E-state index in [9.17, 15) is 9.18 Å². The van der Waals surface area contributed by atoms with Gasteiger partial charge >= 0.3 is 6.03 Å². The van der Waals surface area contributed by atoms with Gasteiger partial charge in [-0.3, -0.25) is 0 Å². The number of amides is 2. The van der Waals surface area contributed by atoms with E-state index in [0.717, 1.165) is 40.4 Å². The number of hydrogen-bond acceptors (Lipinski definition) is 2. The number of rotatable bonds is 5. The predicted octanol–water partition coefficient (Wildman–Crippen LogP) is 5.64. The maximum absolute atomic E-state index is 13.8. The molecule has 0 bridgehead atoms. The van der Waals surface area contributed by atoms with Crippen LogP contribution >= 0.6 is 0 Å². The third-order valence-corrected chi connectivity index (χ3v) is 6.41. The summed E-state index contributed by atoms with van der Waals surface area (Å²) in [5, 5.41) is 8.06. The number of carbonyl (C=O) groups is 1. The lowest BCUT2D eigenvalue weighted by Gasteiger charge is -2.31. The monoisotopic (exact) mass is 471 g/mol. The van der Waals surface area contributed by atoms with Crippen LogP contribution in [0.3, 0.4) is 0 Å². The summed E-state index contributed by atoms with van der Waals surface area (Å²) in [6.07, 6.45) is 2.75. The molecule has 2 amide bonds. The molecule has 0 saturated heterocycles. The van der Waals surface area contributed by atoms with Crippen LogP contribution in [-0.2, 0) is 13.0 Å². The minimum Gasteiger partial charge on any atom is -0.338 e. The molecular formula is C28H30FN5O. The van der Waals surface area contributed by atoms with E-state index in [4.69, 9.17) is 5.10 Å². The number of aromatic nitrogens is 3. The van der Waals surface area contributed by atoms with Crippen LogP contribution in [0.1, 0.15) is 49.3 Å². The lowest BCUT2D eigenvalue weighted by Crippen LogP contribution is -2.43. The number of fused-ring (bicyclic) bond motifs is 3. The van der Waals surface area contributed by atoms with Gasteiger partial charge in [-0.05, 0) is 54.3 Å². The summed E-state index contributed by atoms with van der Waals surface area (Å²) in [6, 6.07) is 19.9. The van der Waals surface area contributed by atoms with E-state index < -0.39 is 0 Å². The van der Waals surface area contributed by atoms with Gasteiger partial charge in [0.15, 0.2) is 0 Å². The molecular weight excluding hydrogens is 441 g/mol. The minimum atomic E-state index is -0.390. The van der Waals surface area contributed by atoms with Gasteiger partial charge < -0.3 is 14.8 Å². The van der Waals surface area contributed by atoms with Crippen molar-refractivity contribution in [3.63, 3.8) is 0 Å². The van der Waals surface area contributed by atoms with Crippen LogP contribution in [0.2, 0.25) is 0 Å². The average molecular weight is 472 g/mol. The average Bonchev–Trinajstić information content (AvgIpc) is 3.45. The Labute approximate surface area is 205 Å². The Balaban J connectivity index is 1.72. The van der Waals surface area contributed by atoms with Crippen LogP contribution < -0.4 is 5.32 Å². The van der Waals surface area contributed by atoms with Crippen molar-refractivity contribution in [3.05, 3.63) is 101 Å². The first kappa shape index (κ1) is 22.9. The maximum Gasteiger partial charge on any atom is 0.318 e. The number of para-hydroxylation sites is 1. The smallest absolute Gasteiger partial charge is 0.318 e. The first-order valence-corrected chi connectivity index (χ1v) is 12.1. The zero-order chi connectivity index (χ0) is 24.5. The van der Waals surface area contributed by atoms with Gasteiger partial charge in [-0.15, -0.1) is 0 Å². The number of carbonyl (C=O) groups excluding carboxylic acids is 1. The highest BCUT2D eigenvalue weighted by Crippen LogP contribution is 2.38. The van der Waals surface area contributed by atoms with E-state index >= 15 is 0 Å². The number of halogens is 1. The number of aryl methyl sites for hydroxylation is 1. The molecule has 2 aromatic carbocycles. The van der Waals surface area contributed by atoms with Crippen LogP contribution in [0.15, 0.2) is 72.9 Å². The van der Waals surface area contributed by atoms with E-state index in [1.54, 1.807) is 12.1 Å². The van der Waals surface area contributed by atoms with Crippen molar-refractivity contribution in [3.8, 4) is 11.5 Å². The van der Waals surface area contributed by atoms with Crippen LogP contribution in [0.5, 0.6) is 0 Å². The lowest BCUT2D eigenvalue weighted by molar-refractivity contribution is 0.179. The Morgan fingerprint density at radius 2 is 1.83 bits per heavy atom. The number of hydrogen-bond donors (Lipinski definition) is 1. The van der Waals surface area contributed by atoms with Crippen molar-refractivity contribution in [1.29, 1.82) is 0 Å². The van der Waals surface area contributed by atoms with Gasteiger partial charge in [0.2, 0.25) is 0 Å². The topological polar surface area (TPSA) is 55.1 Å². The molecule has 1 N–H and O–H groups in total. The van der Waals surface area contributed by atoms with Gasteiger partial charge in [0, 0.05) is 18.3 Å². The molecule has 35 heavy (non-hydrogen) atoms. The summed E-state index contributed by atoms with van der Waals surface area (Å²) in [7, 11) is 0. The van der Waals surface area contributed by atoms with E-state index in [0.29, 0.717) is 19.0 Å². The molecule has 0 unspecified atom stereocenters. The molecule has 1 atom stereocenters. The number of nitrogens with zero attached hydrogens (tertiary/aromatic N) is 4. The zero-order valence-electron chi connectivity index (χ0n) is 20.3. The van der Waals surface area contributed by atoms with Crippen molar-refractivity contribution >= 4 is 6.03 Å². The van der Waals surface area contributed by atoms with Crippen molar-refractivity contribution in [2.24, 2.45) is 5.92 Å². The summed E-state index contributed by atoms with van der Waals surface area (Å²) < 4.78 is 17.9. The number of urea groups is 1. The molecule has 0 saturated carbocycles. The van der Waals surface area contributed by atoms with Gasteiger partial charge in [-0.2, -0.15) is 5.10 Å². The fourth-order valence-corrected chi connectivity index (χ4v) is 4.74. The van der Waals surface area contributed by atoms with E-state index in [2.05, 4.69) is 30.7 Å². The number of benzene rings is 2. The standard InChI is InChI=1S/C28H30FN5O/c1-4-24-23-18-33(28(35)30-17-19(2)3)26(20-12-14-21(29)15-13-20)25-11-8-16-32(25)27(23)34(31-24)22-9-6-5-7-10-22/h5-16,19,26H,4,17-18H2,1-3H3,(H,30,35)/t26-/m0/s1. The highest BCUT2D eigenvalue weighted by Gasteiger charge is 2.36. The van der Waals surface area contributed by atoms with Crippen LogP contribution in [-0.4, -0.2) is 31.8 Å². The van der Waals surface area contributed by atoms with Crippen molar-refractivity contribution < 1.29 is 9.18 Å². The second-order valence-electron chi connectivity index (χ2n) is 9.31. The van der Waals surface area contributed by atoms with Gasteiger partial charge in [-0.25, -0.2) is 13.9 Å². The first-order valence-electron chi connectivity index (χ1n) is 12.1. The van der Waals surface area contributed by atoms with Gasteiger partial charge in [0.1, 0.15) is 11.6 Å². The maximum atomic E-state index is 13.8. The molecule has 0 aliphatic carbocycles. The van der Waals surface area contributed by atoms with Gasteiger partial charge in [0.25, 0.3) is 0 Å². The Morgan fingerprint density at radius 1 is 1.09 bits per heavy atom. The normalized spacial score (nSPS) is 15.0. The molecule has 0 spiro atoms. The Hall–Kier alpha value is -3.87. The van der Waals surface area contributed by atoms with Crippen molar-refractivity contribution in [2.75, 3.05) is 6.54 Å². The molecule has 6 nitrogen and oxygen atoms in total. The molecule has 2 aromatic heterocycles. The first-order chi connectivity index (χ1) is 17.0. The summed E-state index contributed by atoms with van der Waals surface area (Å²) in [6.45, 7) is 7.19. The van der Waals surface area contributed by atoms with Gasteiger partial charge in [0.05, 0.1) is 29.7 Å². The van der Waals surface area contributed by atoms with Crippen molar-refractivity contribution in [2.45, 2.75) is 39.8 Å². The number of nitrogens with one attached hydrogen (secondary N) is 1. The molecule has 1 aliphatic heterocycles. The highest BCUT2D eigenvalue weighted by molar-refractivity contribution is 5.76. The second kappa shape index (κ2) is 9.41. The zero-order valence-corrected chi connectivity index (χ0v) is 20.3. The predicted molar refractivity (Wildman–Crippen MR) is 134 cm³/mol. The third-order valence-electron chi connectivity index (χ3n) is 6.41. The molecule has 180 valence electrons. The molecule has 4 aromatic rings. The Morgan fingerprint density at radius 3 is 2.51 bits per heavy atom. The van der Waals surface area contributed by atoms with Crippen LogP contribution in [0.25, 0.3) is 11.5 Å². The molecule has 1 aliphatic rings. The van der Waals surface area contributed by atoms with Crippen LogP contribution in [0, 0.1) is 11.7 Å². The summed E-state index contributed by atoms with van der Waals surface area (Å²) in [5.41, 5.74) is 4.70. The van der Waals surface area contributed by atoms with Gasteiger partial charge in [-0.1, -0.05) is 51.1 Å². The second-order valence-corrected chi connectivity index (χ2v) is 9.31. The molecule has 3 heterocycles. The summed E-state index contributed by atoms with van der Waals surface area (Å²) in [4.78, 5) is 15.5. The molecule has 7 heteroatoms. The SMILES string of the molecule is CCc1nn(-c2ccccc2)c2c1CN(C(=O)NCC(C)C)[C@@H](c1ccc(F)cc1)c1cccn1-2. The molecule has 0 radical (unpaired) electrons. The van der Waals surface area contributed by atoms with E-state index in [1.807, 2.05) is 58.2 Å². The summed E-state index contributed by atoms with van der Waals surface area (Å²) in [5.74, 6) is 0.950. The largest absolute Gasteiger partial charge is 0.338 e. The molecule has 0 fully saturated rings. The lowest BCUT2D eigenvalue weighted by atomic mass is 10.0. The Bertz CT molecular complexity index is 1320. The quantitative estimate of drug-likeness (QED) is 0.410. The fourth-order valence-electron chi connectivity index (χ4n) is 4.74. The van der Waals surface area contributed by atoms with E-state index in [-0.39, 0.29) is 17.9 Å².